The van der Waals surface area contributed by atoms with E-state index in [1.807, 2.05) is 0 Å². The van der Waals surface area contributed by atoms with E-state index < -0.39 is 0 Å². The third-order valence-electron chi connectivity index (χ3n) is 3.82. The first kappa shape index (κ1) is 21.7. The predicted molar refractivity (Wildman–Crippen MR) is 97.3 cm³/mol. The van der Waals surface area contributed by atoms with Crippen LogP contribution in [0, 0.1) is 0 Å². The third-order valence-corrected chi connectivity index (χ3v) is 3.82. The van der Waals surface area contributed by atoms with Gasteiger partial charge in [0, 0.05) is 13.2 Å². The molecule has 0 radical (unpaired) electrons. The van der Waals surface area contributed by atoms with Crippen LogP contribution in [0.15, 0.2) is 12.2 Å². The zero-order valence-electron chi connectivity index (χ0n) is 15.4. The summed E-state index contributed by atoms with van der Waals surface area (Å²) in [5.74, 6) is 0. The summed E-state index contributed by atoms with van der Waals surface area (Å²) in [4.78, 5) is 0. The lowest BCUT2D eigenvalue weighted by atomic mass is 10.1. The topological polar surface area (TPSA) is 18.5 Å². The van der Waals surface area contributed by atoms with E-state index in [9.17, 15) is 0 Å². The van der Waals surface area contributed by atoms with Gasteiger partial charge < -0.3 is 9.47 Å². The van der Waals surface area contributed by atoms with Crippen LogP contribution in [0.2, 0.25) is 0 Å². The van der Waals surface area contributed by atoms with Gasteiger partial charge in [-0.1, -0.05) is 65.0 Å². The summed E-state index contributed by atoms with van der Waals surface area (Å²) in [6.07, 6.45) is 19.3. The van der Waals surface area contributed by atoms with Gasteiger partial charge in [-0.2, -0.15) is 0 Å². The Labute approximate surface area is 139 Å². The minimum Gasteiger partial charge on any atom is -0.353 e. The molecule has 0 saturated heterocycles. The van der Waals surface area contributed by atoms with Crippen molar-refractivity contribution < 1.29 is 9.47 Å². The van der Waals surface area contributed by atoms with Crippen molar-refractivity contribution in [3.63, 3.8) is 0 Å². The fourth-order valence-electron chi connectivity index (χ4n) is 2.32. The highest BCUT2D eigenvalue weighted by Crippen LogP contribution is 2.13. The Kier molecular flexibility index (Phi) is 18.4. The lowest BCUT2D eigenvalue weighted by Crippen LogP contribution is -2.18. The van der Waals surface area contributed by atoms with E-state index in [2.05, 4.69) is 32.9 Å². The van der Waals surface area contributed by atoms with Crippen molar-refractivity contribution in [2.45, 2.75) is 104 Å². The summed E-state index contributed by atoms with van der Waals surface area (Å²) in [5.41, 5.74) is 0. The zero-order chi connectivity index (χ0) is 16.3. The molecule has 0 N–H and O–H groups in total. The van der Waals surface area contributed by atoms with Crippen LogP contribution < -0.4 is 0 Å². The lowest BCUT2D eigenvalue weighted by Gasteiger charge is -2.18. The van der Waals surface area contributed by atoms with Gasteiger partial charge in [0.2, 0.25) is 0 Å². The molecular formula is C20H40O2. The maximum atomic E-state index is 5.87. The molecule has 0 bridgehead atoms. The van der Waals surface area contributed by atoms with Crippen molar-refractivity contribution >= 4 is 0 Å². The second kappa shape index (κ2) is 18.7. The minimum atomic E-state index is 0.0330. The van der Waals surface area contributed by atoms with Crippen molar-refractivity contribution in [2.24, 2.45) is 0 Å². The Morgan fingerprint density at radius 3 is 1.86 bits per heavy atom. The number of allylic oxidation sites excluding steroid dienone is 2. The van der Waals surface area contributed by atoms with Crippen LogP contribution in [0.3, 0.4) is 0 Å². The van der Waals surface area contributed by atoms with Crippen LogP contribution in [-0.4, -0.2) is 19.5 Å². The summed E-state index contributed by atoms with van der Waals surface area (Å²) in [6.45, 7) is 8.28. The van der Waals surface area contributed by atoms with Gasteiger partial charge in [0.15, 0.2) is 6.29 Å². The van der Waals surface area contributed by atoms with Crippen LogP contribution in [0.1, 0.15) is 97.8 Å². The Bertz CT molecular complexity index is 216. The monoisotopic (exact) mass is 312 g/mol. The summed E-state index contributed by atoms with van der Waals surface area (Å²) >= 11 is 0. The largest absolute Gasteiger partial charge is 0.353 e. The highest BCUT2D eigenvalue weighted by atomic mass is 16.7. The van der Waals surface area contributed by atoms with Crippen molar-refractivity contribution in [2.75, 3.05) is 13.2 Å². The molecule has 0 aromatic heterocycles. The van der Waals surface area contributed by atoms with Crippen LogP contribution in [0.5, 0.6) is 0 Å². The average Bonchev–Trinajstić information content (AvgIpc) is 2.53. The molecule has 0 aliphatic rings. The Morgan fingerprint density at radius 1 is 0.682 bits per heavy atom. The normalized spacial score (nSPS) is 11.8. The maximum absolute atomic E-state index is 5.87. The smallest absolute Gasteiger partial charge is 0.157 e. The summed E-state index contributed by atoms with van der Waals surface area (Å²) in [7, 11) is 0. The van der Waals surface area contributed by atoms with E-state index >= 15 is 0 Å². The van der Waals surface area contributed by atoms with E-state index in [4.69, 9.17) is 9.47 Å². The summed E-state index contributed by atoms with van der Waals surface area (Å²) in [6, 6.07) is 0. The molecule has 0 aromatic carbocycles. The average molecular weight is 313 g/mol. The van der Waals surface area contributed by atoms with E-state index in [0.717, 1.165) is 38.9 Å². The fraction of sp³-hybridized carbons (Fsp3) is 0.900. The van der Waals surface area contributed by atoms with Gasteiger partial charge in [-0.3, -0.25) is 0 Å². The molecule has 0 atom stereocenters. The highest BCUT2D eigenvalue weighted by molar-refractivity contribution is 4.79. The van der Waals surface area contributed by atoms with Gasteiger partial charge in [-0.15, -0.1) is 0 Å². The van der Waals surface area contributed by atoms with Crippen molar-refractivity contribution in [1.29, 1.82) is 0 Å². The maximum Gasteiger partial charge on any atom is 0.157 e. The van der Waals surface area contributed by atoms with Crippen LogP contribution in [0.25, 0.3) is 0 Å². The molecular weight excluding hydrogens is 272 g/mol. The Hall–Kier alpha value is -0.340. The zero-order valence-corrected chi connectivity index (χ0v) is 15.4. The molecule has 2 nitrogen and oxygen atoms in total. The Balaban J connectivity index is 3.57. The van der Waals surface area contributed by atoms with Crippen LogP contribution in [0.4, 0.5) is 0 Å². The first-order valence-electron chi connectivity index (χ1n) is 9.73. The first-order valence-corrected chi connectivity index (χ1v) is 9.73. The second-order valence-corrected chi connectivity index (χ2v) is 6.10. The van der Waals surface area contributed by atoms with Gasteiger partial charge in [0.25, 0.3) is 0 Å². The van der Waals surface area contributed by atoms with E-state index in [1.165, 1.54) is 51.4 Å². The lowest BCUT2D eigenvalue weighted by molar-refractivity contribution is -0.147. The van der Waals surface area contributed by atoms with Crippen molar-refractivity contribution in [3.05, 3.63) is 12.2 Å². The van der Waals surface area contributed by atoms with Gasteiger partial charge in [-0.25, -0.2) is 0 Å². The molecule has 132 valence electrons. The molecule has 0 amide bonds. The van der Waals surface area contributed by atoms with Crippen molar-refractivity contribution in [1.82, 2.24) is 0 Å². The van der Waals surface area contributed by atoms with Gasteiger partial charge in [0.1, 0.15) is 0 Å². The number of rotatable bonds is 17. The number of ether oxygens (including phenoxy) is 2. The quantitative estimate of drug-likeness (QED) is 0.170. The molecule has 0 spiro atoms. The number of hydrogen-bond acceptors (Lipinski definition) is 2. The van der Waals surface area contributed by atoms with E-state index in [1.54, 1.807) is 0 Å². The molecule has 22 heavy (non-hydrogen) atoms. The molecule has 0 rings (SSSR count). The summed E-state index contributed by atoms with van der Waals surface area (Å²) < 4.78 is 11.7. The second-order valence-electron chi connectivity index (χ2n) is 6.10. The van der Waals surface area contributed by atoms with Gasteiger partial charge in [-0.05, 0) is 44.9 Å². The molecule has 2 heteroatoms. The molecule has 0 saturated carbocycles. The molecule has 0 aromatic rings. The SMILES string of the molecule is CC/C=C\CCCCCCCC(OCCCC)OCCCC. The standard InChI is InChI=1S/C20H40O2/c1-4-7-10-11-12-13-14-15-16-17-20(21-18-8-5-2)22-19-9-6-3/h7,10,20H,4-6,8-9,11-19H2,1-3H3/b10-7-. The molecule has 0 aliphatic carbocycles. The minimum absolute atomic E-state index is 0.0330. The van der Waals surface area contributed by atoms with Gasteiger partial charge in [0.05, 0.1) is 0 Å². The van der Waals surface area contributed by atoms with E-state index in [-0.39, 0.29) is 6.29 Å². The molecule has 0 unspecified atom stereocenters. The molecule has 0 fully saturated rings. The number of hydrogen-bond donors (Lipinski definition) is 0. The highest BCUT2D eigenvalue weighted by Gasteiger charge is 2.08. The van der Waals surface area contributed by atoms with Gasteiger partial charge >= 0.3 is 0 Å². The molecule has 0 aliphatic heterocycles. The Morgan fingerprint density at radius 2 is 1.27 bits per heavy atom. The first-order chi connectivity index (χ1) is 10.8. The number of unbranched alkanes of at least 4 members (excludes halogenated alkanes) is 7. The van der Waals surface area contributed by atoms with Crippen LogP contribution in [-0.2, 0) is 9.47 Å². The van der Waals surface area contributed by atoms with Crippen LogP contribution >= 0.6 is 0 Å². The summed E-state index contributed by atoms with van der Waals surface area (Å²) in [5, 5.41) is 0. The van der Waals surface area contributed by atoms with E-state index in [0.29, 0.717) is 0 Å². The molecule has 0 heterocycles. The fourth-order valence-corrected chi connectivity index (χ4v) is 2.32. The van der Waals surface area contributed by atoms with Crippen molar-refractivity contribution in [3.8, 4) is 0 Å². The predicted octanol–water partition coefficient (Wildman–Crippen LogP) is 6.64. The third kappa shape index (κ3) is 16.0.